The number of ether oxygens (including phenoxy) is 1. The molecule has 3 N–H and O–H groups in total. The van der Waals surface area contributed by atoms with Crippen molar-refractivity contribution in [3.63, 3.8) is 0 Å². The van der Waals surface area contributed by atoms with Crippen LogP contribution in [0.25, 0.3) is 11.1 Å². The Morgan fingerprint density at radius 3 is 2.38 bits per heavy atom. The van der Waals surface area contributed by atoms with Crippen LogP contribution in [-0.2, 0) is 14.8 Å². The smallest absolute Gasteiger partial charge is 0.243 e. The highest BCUT2D eigenvalue weighted by atomic mass is 32.2. The highest BCUT2D eigenvalue weighted by molar-refractivity contribution is 7.89. The van der Waals surface area contributed by atoms with Crippen LogP contribution < -0.4 is 10.6 Å². The minimum atomic E-state index is -3.62. The second-order valence-electron chi connectivity index (χ2n) is 13.1. The number of hydrogen-bond donors (Lipinski definition) is 3. The molecule has 2 saturated carbocycles. The van der Waals surface area contributed by atoms with E-state index >= 15 is 0 Å². The van der Waals surface area contributed by atoms with Gasteiger partial charge in [-0.1, -0.05) is 18.1 Å². The van der Waals surface area contributed by atoms with Crippen molar-refractivity contribution in [3.8, 4) is 23.0 Å². The number of nitrogens with one attached hydrogen (secondary N) is 2. The van der Waals surface area contributed by atoms with E-state index in [0.29, 0.717) is 74.5 Å². The summed E-state index contributed by atoms with van der Waals surface area (Å²) < 4.78 is 33.1. The van der Waals surface area contributed by atoms with E-state index in [4.69, 9.17) is 9.72 Å². The normalized spacial score (nSPS) is 19.6. The van der Waals surface area contributed by atoms with Crippen LogP contribution in [0.15, 0.2) is 78.0 Å². The number of morpholine rings is 1. The Balaban J connectivity index is 1.07. The lowest BCUT2D eigenvalue weighted by atomic mass is 9.93. The summed E-state index contributed by atoms with van der Waals surface area (Å²) in [7, 11) is -3.62. The molecule has 7 rings (SSSR count). The molecule has 258 valence electrons. The van der Waals surface area contributed by atoms with Crippen LogP contribution in [0.2, 0.25) is 0 Å². The first-order valence-electron chi connectivity index (χ1n) is 17.2. The molecule has 3 fully saturated rings. The highest BCUT2D eigenvalue weighted by Gasteiger charge is 2.27. The summed E-state index contributed by atoms with van der Waals surface area (Å²) in [6.45, 7) is 1.44. The molecule has 0 amide bonds. The van der Waals surface area contributed by atoms with Crippen molar-refractivity contribution in [3.05, 3.63) is 89.9 Å². The standard InChI is InChI=1S/C38H40N6O5S/c45-33-13-11-30(12-14-33)41-37-35(28-6-15-34(16-7-28)50(47,48)44-19-21-49-22-20-44)25-40-38(43-37)42-31-8-3-26(4-9-31)5-10-32-24-29(17-18-39-32)36(46)23-27-1-2-27/h3-4,6-9,15-18,24-25,27,30,33,45H,1-2,11-14,19-23H2,(H2,40,41,42,43). The first-order valence-corrected chi connectivity index (χ1v) is 18.6. The zero-order valence-electron chi connectivity index (χ0n) is 27.7. The molecule has 0 atom stereocenters. The summed E-state index contributed by atoms with van der Waals surface area (Å²) in [4.78, 5) is 26.5. The largest absolute Gasteiger partial charge is 0.393 e. The number of rotatable bonds is 10. The van der Waals surface area contributed by atoms with E-state index in [1.54, 1.807) is 48.8 Å². The number of pyridine rings is 1. The molecule has 11 nitrogen and oxygen atoms in total. The predicted octanol–water partition coefficient (Wildman–Crippen LogP) is 5.40. The number of carbonyl (C=O) groups is 1. The quantitative estimate of drug-likeness (QED) is 0.146. The van der Waals surface area contributed by atoms with Gasteiger partial charge in [-0.2, -0.15) is 9.29 Å². The van der Waals surface area contributed by atoms with Gasteiger partial charge >= 0.3 is 0 Å². The molecule has 12 heteroatoms. The van der Waals surface area contributed by atoms with E-state index in [2.05, 4.69) is 32.4 Å². The van der Waals surface area contributed by atoms with Gasteiger partial charge in [0.2, 0.25) is 16.0 Å². The van der Waals surface area contributed by atoms with Gasteiger partial charge in [-0.3, -0.25) is 4.79 Å². The number of Topliss-reactive ketones (excluding diaryl/α,β-unsaturated/α-hetero) is 1. The third-order valence-corrected chi connectivity index (χ3v) is 11.2. The summed E-state index contributed by atoms with van der Waals surface area (Å²) >= 11 is 0. The number of anilines is 3. The van der Waals surface area contributed by atoms with Crippen LogP contribution in [-0.4, -0.2) is 77.0 Å². The van der Waals surface area contributed by atoms with E-state index in [9.17, 15) is 18.3 Å². The Hall–Kier alpha value is -4.67. The number of aromatic nitrogens is 3. The van der Waals surface area contributed by atoms with Gasteiger partial charge < -0.3 is 20.5 Å². The molecule has 4 aromatic rings. The molecule has 0 spiro atoms. The van der Waals surface area contributed by atoms with Crippen molar-refractivity contribution < 1.29 is 23.1 Å². The van der Waals surface area contributed by atoms with Crippen LogP contribution in [0, 0.1) is 17.8 Å². The third-order valence-electron chi connectivity index (χ3n) is 9.33. The van der Waals surface area contributed by atoms with E-state index in [0.717, 1.165) is 48.1 Å². The van der Waals surface area contributed by atoms with Crippen molar-refractivity contribution in [2.45, 2.75) is 62.0 Å². The Labute approximate surface area is 292 Å². The molecule has 1 saturated heterocycles. The lowest BCUT2D eigenvalue weighted by molar-refractivity contribution is 0.0730. The lowest BCUT2D eigenvalue weighted by Gasteiger charge is -2.27. The van der Waals surface area contributed by atoms with Crippen molar-refractivity contribution in [2.24, 2.45) is 5.92 Å². The van der Waals surface area contributed by atoms with Crippen LogP contribution >= 0.6 is 0 Å². The lowest BCUT2D eigenvalue weighted by Crippen LogP contribution is -2.40. The van der Waals surface area contributed by atoms with Crippen molar-refractivity contribution in [1.29, 1.82) is 0 Å². The number of aliphatic hydroxyl groups is 1. The van der Waals surface area contributed by atoms with Gasteiger partial charge in [-0.25, -0.2) is 18.4 Å². The summed E-state index contributed by atoms with van der Waals surface area (Å²) in [6, 6.07) is 18.0. The van der Waals surface area contributed by atoms with Gasteiger partial charge in [-0.15, -0.1) is 0 Å². The number of sulfonamides is 1. The molecule has 3 aliphatic rings. The van der Waals surface area contributed by atoms with E-state index < -0.39 is 10.0 Å². The number of ketones is 1. The van der Waals surface area contributed by atoms with E-state index in [-0.39, 0.29) is 22.8 Å². The fourth-order valence-corrected chi connectivity index (χ4v) is 7.60. The highest BCUT2D eigenvalue weighted by Crippen LogP contribution is 2.34. The minimum absolute atomic E-state index is 0.130. The Bertz CT molecular complexity index is 1990. The Morgan fingerprint density at radius 1 is 0.920 bits per heavy atom. The van der Waals surface area contributed by atoms with Crippen LogP contribution in [0.3, 0.4) is 0 Å². The molecule has 1 aliphatic heterocycles. The zero-order chi connectivity index (χ0) is 34.5. The monoisotopic (exact) mass is 692 g/mol. The SMILES string of the molecule is O=C(CC1CC1)c1ccnc(C#Cc2ccc(Nc3ncc(-c4ccc(S(=O)(=O)N5CCOCC5)cc4)c(NC4CCC(O)CC4)n3)cc2)c1. The molecule has 2 aromatic carbocycles. The molecule has 3 heterocycles. The molecule has 2 aliphatic carbocycles. The first-order chi connectivity index (χ1) is 24.3. The van der Waals surface area contributed by atoms with E-state index in [1.807, 2.05) is 24.3 Å². The van der Waals surface area contributed by atoms with Gasteiger partial charge in [-0.05, 0) is 104 Å². The zero-order valence-corrected chi connectivity index (χ0v) is 28.5. The number of hydrogen-bond acceptors (Lipinski definition) is 10. The van der Waals surface area contributed by atoms with Crippen molar-refractivity contribution in [2.75, 3.05) is 36.9 Å². The van der Waals surface area contributed by atoms with Gasteiger partial charge in [0.05, 0.1) is 24.2 Å². The third kappa shape index (κ3) is 8.37. The Morgan fingerprint density at radius 2 is 1.66 bits per heavy atom. The van der Waals surface area contributed by atoms with Crippen LogP contribution in [0.4, 0.5) is 17.5 Å². The average molecular weight is 693 g/mol. The maximum atomic E-state index is 13.2. The second kappa shape index (κ2) is 15.1. The summed E-state index contributed by atoms with van der Waals surface area (Å²) in [5.41, 5.74) is 4.32. The van der Waals surface area contributed by atoms with E-state index in [1.165, 1.54) is 4.31 Å². The number of carbonyl (C=O) groups excluding carboxylic acids is 1. The molecule has 0 unspecified atom stereocenters. The first kappa shape index (κ1) is 33.8. The number of nitrogens with zero attached hydrogens (tertiary/aromatic N) is 4. The van der Waals surface area contributed by atoms with Gasteiger partial charge in [0.15, 0.2) is 5.78 Å². The topological polar surface area (TPSA) is 147 Å². The predicted molar refractivity (Wildman–Crippen MR) is 191 cm³/mol. The van der Waals surface area contributed by atoms with Crippen LogP contribution in [0.1, 0.15) is 66.6 Å². The maximum absolute atomic E-state index is 13.2. The van der Waals surface area contributed by atoms with Gasteiger partial charge in [0.1, 0.15) is 11.5 Å². The molecule has 2 aromatic heterocycles. The van der Waals surface area contributed by atoms with Crippen molar-refractivity contribution in [1.82, 2.24) is 19.3 Å². The summed E-state index contributed by atoms with van der Waals surface area (Å²) in [5.74, 6) is 7.90. The number of benzene rings is 2. The van der Waals surface area contributed by atoms with Crippen molar-refractivity contribution >= 4 is 33.3 Å². The second-order valence-corrected chi connectivity index (χ2v) is 15.0. The fourth-order valence-electron chi connectivity index (χ4n) is 6.20. The molecule has 0 radical (unpaired) electrons. The fraction of sp³-hybridized carbons (Fsp3) is 0.368. The molecular weight excluding hydrogens is 653 g/mol. The van der Waals surface area contributed by atoms with Crippen LogP contribution in [0.5, 0.6) is 0 Å². The number of aliphatic hydroxyl groups excluding tert-OH is 1. The summed E-state index contributed by atoms with van der Waals surface area (Å²) in [6.07, 6.45) is 8.99. The molecule has 50 heavy (non-hydrogen) atoms. The van der Waals surface area contributed by atoms with Gasteiger partial charge in [0.25, 0.3) is 0 Å². The molecule has 0 bridgehead atoms. The maximum Gasteiger partial charge on any atom is 0.243 e. The summed E-state index contributed by atoms with van der Waals surface area (Å²) in [5, 5.41) is 16.9. The minimum Gasteiger partial charge on any atom is -0.393 e. The van der Waals surface area contributed by atoms with Gasteiger partial charge in [0, 0.05) is 60.3 Å². The molecular formula is C38H40N6O5S. The Kier molecular flexibility index (Phi) is 10.2. The average Bonchev–Trinajstić information content (AvgIpc) is 3.97.